The summed E-state index contributed by atoms with van der Waals surface area (Å²) in [5.41, 5.74) is 3.04. The van der Waals surface area contributed by atoms with E-state index in [1.807, 2.05) is 36.4 Å². The lowest BCUT2D eigenvalue weighted by Gasteiger charge is -2.20. The highest BCUT2D eigenvalue weighted by molar-refractivity contribution is 5.85. The standard InChI is InChI=1S/C31H35N9O4/c1-2-32-29(43)26-24(41)25(42)30(44-26)40-18-37-23-27(38-31(39-28(23)40)35-14-13-22-33-15-16-34-22)36-17-21(19-9-5-3-6-10-19)20-11-7-4-8-12-20/h3-12,15-16,18,21,24-26,30,41-42H,2,13-14,17H2,1H3,(H,32,43)(H,33,34)(H2,35,36,38,39)/t24-,25+,26-,30?/m0/s1/i1D. The number of ether oxygens (including phenoxy) is 1. The van der Waals surface area contributed by atoms with Crippen molar-refractivity contribution in [1.29, 1.82) is 0 Å². The van der Waals surface area contributed by atoms with Gasteiger partial charge in [0.2, 0.25) is 5.95 Å². The van der Waals surface area contributed by atoms with Crippen LogP contribution in [-0.2, 0) is 16.0 Å². The number of rotatable bonds is 12. The van der Waals surface area contributed by atoms with Gasteiger partial charge in [-0.05, 0) is 18.0 Å². The molecule has 1 aliphatic rings. The molecule has 1 amide bonds. The first-order valence-corrected chi connectivity index (χ1v) is 14.4. The summed E-state index contributed by atoms with van der Waals surface area (Å²) in [7, 11) is 0. The molecule has 1 unspecified atom stereocenters. The largest absolute Gasteiger partial charge is 0.387 e. The predicted octanol–water partition coefficient (Wildman–Crippen LogP) is 2.20. The van der Waals surface area contributed by atoms with Crippen LogP contribution < -0.4 is 16.0 Å². The average molecular weight is 599 g/mol. The van der Waals surface area contributed by atoms with Crippen molar-refractivity contribution < 1.29 is 21.1 Å². The van der Waals surface area contributed by atoms with Gasteiger partial charge in [-0.3, -0.25) is 9.36 Å². The molecule has 4 heterocycles. The molecule has 13 heteroatoms. The second-order valence-electron chi connectivity index (χ2n) is 10.4. The molecule has 0 bridgehead atoms. The number of H-pyrrole nitrogens is 1. The van der Waals surface area contributed by atoms with Crippen LogP contribution in [0.1, 0.15) is 37.4 Å². The zero-order chi connectivity index (χ0) is 31.2. The van der Waals surface area contributed by atoms with Crippen molar-refractivity contribution in [3.63, 3.8) is 0 Å². The molecule has 4 atom stereocenters. The summed E-state index contributed by atoms with van der Waals surface area (Å²) < 4.78 is 14.6. The van der Waals surface area contributed by atoms with E-state index in [0.717, 1.165) is 17.0 Å². The summed E-state index contributed by atoms with van der Waals surface area (Å²) in [6.45, 7) is 1.06. The van der Waals surface area contributed by atoms with Crippen LogP contribution in [0.15, 0.2) is 79.4 Å². The fourth-order valence-corrected chi connectivity index (χ4v) is 5.36. The maximum Gasteiger partial charge on any atom is 0.252 e. The number of fused-ring (bicyclic) bond motifs is 1. The highest BCUT2D eigenvalue weighted by Crippen LogP contribution is 2.33. The van der Waals surface area contributed by atoms with Gasteiger partial charge in [-0.15, -0.1) is 0 Å². The Morgan fingerprint density at radius 2 is 1.80 bits per heavy atom. The number of hydrogen-bond acceptors (Lipinski definition) is 10. The predicted molar refractivity (Wildman–Crippen MR) is 164 cm³/mol. The summed E-state index contributed by atoms with van der Waals surface area (Å²) in [5.74, 6) is 0.992. The normalized spacial score (nSPS) is 20.1. The van der Waals surface area contributed by atoms with Crippen LogP contribution in [0.3, 0.4) is 0 Å². The number of imidazole rings is 2. The lowest BCUT2D eigenvalue weighted by molar-refractivity contribution is -0.137. The number of aliphatic hydroxyl groups excluding tert-OH is 2. The lowest BCUT2D eigenvalue weighted by atomic mass is 9.91. The molecule has 44 heavy (non-hydrogen) atoms. The van der Waals surface area contributed by atoms with Crippen LogP contribution in [0.4, 0.5) is 11.8 Å². The summed E-state index contributed by atoms with van der Waals surface area (Å²) in [6.07, 6.45) is 0.123. The maximum absolute atomic E-state index is 12.6. The third-order valence-corrected chi connectivity index (χ3v) is 7.57. The van der Waals surface area contributed by atoms with Crippen LogP contribution in [0.25, 0.3) is 11.2 Å². The summed E-state index contributed by atoms with van der Waals surface area (Å²) in [6, 6.07) is 20.4. The van der Waals surface area contributed by atoms with Crippen LogP contribution in [-0.4, -0.2) is 83.6 Å². The highest BCUT2D eigenvalue weighted by Gasteiger charge is 2.47. The van der Waals surface area contributed by atoms with Crippen molar-refractivity contribution in [2.24, 2.45) is 0 Å². The quantitative estimate of drug-likeness (QED) is 0.125. The van der Waals surface area contributed by atoms with Crippen molar-refractivity contribution in [1.82, 2.24) is 34.8 Å². The molecular weight excluding hydrogens is 562 g/mol. The molecule has 0 aliphatic carbocycles. The Labute approximate surface area is 255 Å². The number of benzene rings is 2. The molecule has 0 spiro atoms. The van der Waals surface area contributed by atoms with Gasteiger partial charge in [0.05, 0.1) is 6.33 Å². The Hall–Kier alpha value is -4.85. The van der Waals surface area contributed by atoms with Gasteiger partial charge in [-0.2, -0.15) is 9.97 Å². The molecule has 6 rings (SSSR count). The zero-order valence-electron chi connectivity index (χ0n) is 24.9. The second kappa shape index (κ2) is 13.2. The van der Waals surface area contributed by atoms with E-state index in [9.17, 15) is 15.0 Å². The number of nitrogens with one attached hydrogen (secondary N) is 4. The molecule has 6 N–H and O–H groups in total. The number of carbonyl (C=O) groups excluding carboxylic acids is 1. The van der Waals surface area contributed by atoms with Crippen molar-refractivity contribution in [3.05, 3.63) is 96.3 Å². The molecule has 3 aromatic heterocycles. The number of anilines is 2. The van der Waals surface area contributed by atoms with E-state index in [1.54, 1.807) is 12.4 Å². The van der Waals surface area contributed by atoms with Gasteiger partial charge in [0.25, 0.3) is 5.91 Å². The smallest absolute Gasteiger partial charge is 0.252 e. The van der Waals surface area contributed by atoms with Crippen LogP contribution in [0, 0.1) is 0 Å². The van der Waals surface area contributed by atoms with E-state index in [2.05, 4.69) is 55.2 Å². The van der Waals surface area contributed by atoms with E-state index >= 15 is 0 Å². The Balaban J connectivity index is 1.31. The fourth-order valence-electron chi connectivity index (χ4n) is 5.36. The highest BCUT2D eigenvalue weighted by atomic mass is 16.6. The van der Waals surface area contributed by atoms with Crippen molar-refractivity contribution in [2.75, 3.05) is 30.3 Å². The monoisotopic (exact) mass is 598 g/mol. The van der Waals surface area contributed by atoms with Gasteiger partial charge in [0.1, 0.15) is 18.0 Å². The van der Waals surface area contributed by atoms with E-state index < -0.39 is 30.4 Å². The number of likely N-dealkylation sites (N-methyl/N-ethyl adjacent to an activating group) is 1. The van der Waals surface area contributed by atoms with Gasteiger partial charge in [0.15, 0.2) is 29.3 Å². The zero-order valence-corrected chi connectivity index (χ0v) is 23.9. The van der Waals surface area contributed by atoms with Crippen molar-refractivity contribution in [3.8, 4) is 0 Å². The first-order valence-electron chi connectivity index (χ1n) is 15.1. The number of hydrogen-bond donors (Lipinski definition) is 6. The molecule has 5 aromatic rings. The van der Waals surface area contributed by atoms with Gasteiger partial charge >= 0.3 is 0 Å². The Bertz CT molecular complexity index is 1650. The number of amides is 1. The molecule has 0 radical (unpaired) electrons. The molecule has 1 fully saturated rings. The minimum Gasteiger partial charge on any atom is -0.387 e. The van der Waals surface area contributed by atoms with Gasteiger partial charge in [0, 0.05) is 45.7 Å². The summed E-state index contributed by atoms with van der Waals surface area (Å²) in [5, 5.41) is 30.8. The summed E-state index contributed by atoms with van der Waals surface area (Å²) in [4.78, 5) is 33.9. The van der Waals surface area contributed by atoms with Crippen LogP contribution >= 0.6 is 0 Å². The van der Waals surface area contributed by atoms with Gasteiger partial charge in [-0.1, -0.05) is 60.7 Å². The Morgan fingerprint density at radius 1 is 1.05 bits per heavy atom. The van der Waals surface area contributed by atoms with Gasteiger partial charge in [-0.25, -0.2) is 9.97 Å². The molecular formula is C31H35N9O4. The van der Waals surface area contributed by atoms with Gasteiger partial charge < -0.3 is 35.9 Å². The molecule has 0 saturated carbocycles. The average Bonchev–Trinajstić information content (AvgIpc) is 3.81. The van der Waals surface area contributed by atoms with E-state index in [0.29, 0.717) is 42.4 Å². The first-order chi connectivity index (χ1) is 22.0. The lowest BCUT2D eigenvalue weighted by Crippen LogP contribution is -2.42. The minimum atomic E-state index is -1.49. The maximum atomic E-state index is 12.6. The molecule has 1 aliphatic heterocycles. The first kappa shape index (κ1) is 28.0. The number of nitrogens with zero attached hydrogens (tertiary/aromatic N) is 5. The number of aromatic amines is 1. The minimum absolute atomic E-state index is 0.00740. The third-order valence-electron chi connectivity index (χ3n) is 7.57. The summed E-state index contributed by atoms with van der Waals surface area (Å²) >= 11 is 0. The molecule has 1 saturated heterocycles. The Morgan fingerprint density at radius 3 is 2.48 bits per heavy atom. The number of aromatic nitrogens is 6. The topological polar surface area (TPSA) is 175 Å². The van der Waals surface area contributed by atoms with Crippen LogP contribution in [0.2, 0.25) is 0 Å². The van der Waals surface area contributed by atoms with E-state index in [-0.39, 0.29) is 19.4 Å². The second-order valence-corrected chi connectivity index (χ2v) is 10.4. The Kier molecular flexibility index (Phi) is 8.39. The van der Waals surface area contributed by atoms with E-state index in [4.69, 9.17) is 16.1 Å². The number of carbonyl (C=O) groups is 1. The molecule has 2 aromatic carbocycles. The number of aliphatic hydroxyl groups is 2. The molecule has 228 valence electrons. The fraction of sp³-hybridized carbons (Fsp3) is 0.323. The third kappa shape index (κ3) is 6.11. The molecule has 13 nitrogen and oxygen atoms in total. The van der Waals surface area contributed by atoms with Crippen LogP contribution in [0.5, 0.6) is 0 Å². The van der Waals surface area contributed by atoms with Crippen molar-refractivity contribution in [2.45, 2.75) is 43.8 Å². The SMILES string of the molecule is [2H]CCNC(=O)[C@H]1OC(n2cnc3c(NCC(c4ccccc4)c4ccccc4)nc(NCCc4ncc[nH]4)nc32)[C@H](O)[C@@H]1O. The van der Waals surface area contributed by atoms with Crippen molar-refractivity contribution >= 4 is 28.8 Å². The van der Waals surface area contributed by atoms with E-state index in [1.165, 1.54) is 10.9 Å².